The first kappa shape index (κ1) is 16.5. The Morgan fingerprint density at radius 2 is 1.91 bits per heavy atom. The van der Waals surface area contributed by atoms with Gasteiger partial charge in [-0.3, -0.25) is 0 Å². The van der Waals surface area contributed by atoms with Crippen molar-refractivity contribution in [2.75, 3.05) is 0 Å². The fourth-order valence-corrected chi connectivity index (χ4v) is 5.16. The first-order valence-electron chi connectivity index (χ1n) is 9.30. The minimum Gasteiger partial charge on any atom is -0.390 e. The van der Waals surface area contributed by atoms with Crippen molar-refractivity contribution in [3.8, 4) is 0 Å². The van der Waals surface area contributed by atoms with Crippen LogP contribution in [0.5, 0.6) is 0 Å². The summed E-state index contributed by atoms with van der Waals surface area (Å²) in [6.45, 7) is 11.3. The number of ether oxygens (including phenoxy) is 1. The zero-order valence-corrected chi connectivity index (χ0v) is 15.1. The molecule has 0 amide bonds. The molecule has 126 valence electrons. The Morgan fingerprint density at radius 3 is 2.59 bits per heavy atom. The molecule has 1 saturated carbocycles. The van der Waals surface area contributed by atoms with Gasteiger partial charge in [0.05, 0.1) is 17.3 Å². The van der Waals surface area contributed by atoms with Crippen molar-refractivity contribution in [2.45, 2.75) is 90.4 Å². The molecule has 1 heterocycles. The standard InChI is InChI=1S/C20H34O2/c1-13(2)15-8-10-19(4,21)17-9-11-20(5)18(22-20)7-6-14(3)12-16(15)17/h12-13,15-18,21H,6-11H2,1-5H3/b14-12+/t15-,16-,17-,18-,19-,20-/m1/s1. The van der Waals surface area contributed by atoms with Crippen LogP contribution < -0.4 is 0 Å². The lowest BCUT2D eigenvalue weighted by Gasteiger charge is -2.48. The monoisotopic (exact) mass is 306 g/mol. The van der Waals surface area contributed by atoms with Crippen molar-refractivity contribution in [3.05, 3.63) is 11.6 Å². The summed E-state index contributed by atoms with van der Waals surface area (Å²) >= 11 is 0. The lowest BCUT2D eigenvalue weighted by Crippen LogP contribution is -2.47. The molecule has 0 radical (unpaired) electrons. The maximum absolute atomic E-state index is 11.0. The van der Waals surface area contributed by atoms with E-state index in [0.717, 1.165) is 32.1 Å². The Morgan fingerprint density at radius 1 is 1.18 bits per heavy atom. The van der Waals surface area contributed by atoms with E-state index in [-0.39, 0.29) is 5.60 Å². The van der Waals surface area contributed by atoms with Crippen LogP contribution in [0.2, 0.25) is 0 Å². The maximum Gasteiger partial charge on any atom is 0.0920 e. The van der Waals surface area contributed by atoms with Crippen LogP contribution >= 0.6 is 0 Å². The molecular weight excluding hydrogens is 272 g/mol. The Hall–Kier alpha value is -0.340. The van der Waals surface area contributed by atoms with Gasteiger partial charge in [0.15, 0.2) is 0 Å². The van der Waals surface area contributed by atoms with Crippen molar-refractivity contribution >= 4 is 0 Å². The van der Waals surface area contributed by atoms with Crippen molar-refractivity contribution < 1.29 is 9.84 Å². The van der Waals surface area contributed by atoms with Crippen LogP contribution in [0.15, 0.2) is 11.6 Å². The molecule has 2 aliphatic carbocycles. The molecule has 1 aliphatic heterocycles. The second-order valence-corrected chi connectivity index (χ2v) is 9.00. The number of hydrogen-bond acceptors (Lipinski definition) is 2. The third kappa shape index (κ3) is 3.01. The fourth-order valence-electron chi connectivity index (χ4n) is 5.16. The largest absolute Gasteiger partial charge is 0.390 e. The number of rotatable bonds is 1. The summed E-state index contributed by atoms with van der Waals surface area (Å²) < 4.78 is 6.00. The molecule has 0 aromatic rings. The van der Waals surface area contributed by atoms with Gasteiger partial charge in [0.1, 0.15) is 0 Å². The van der Waals surface area contributed by atoms with Gasteiger partial charge in [-0.05, 0) is 83.0 Å². The highest BCUT2D eigenvalue weighted by molar-refractivity contribution is 5.12. The topological polar surface area (TPSA) is 32.8 Å². The minimum atomic E-state index is -0.521. The first-order chi connectivity index (χ1) is 10.2. The second-order valence-electron chi connectivity index (χ2n) is 9.00. The molecule has 3 rings (SSSR count). The summed E-state index contributed by atoms with van der Waals surface area (Å²) in [6.07, 6.45) is 9.59. The smallest absolute Gasteiger partial charge is 0.0920 e. The Kier molecular flexibility index (Phi) is 4.23. The predicted molar refractivity (Wildman–Crippen MR) is 90.7 cm³/mol. The fraction of sp³-hybridized carbons (Fsp3) is 0.900. The van der Waals surface area contributed by atoms with E-state index in [1.54, 1.807) is 0 Å². The van der Waals surface area contributed by atoms with Gasteiger partial charge in [0.25, 0.3) is 0 Å². The van der Waals surface area contributed by atoms with E-state index in [1.165, 1.54) is 12.0 Å². The minimum absolute atomic E-state index is 0.0863. The van der Waals surface area contributed by atoms with Crippen molar-refractivity contribution in [3.63, 3.8) is 0 Å². The first-order valence-corrected chi connectivity index (χ1v) is 9.30. The molecule has 2 fully saturated rings. The Labute approximate surface area is 136 Å². The van der Waals surface area contributed by atoms with Gasteiger partial charge >= 0.3 is 0 Å². The highest BCUT2D eigenvalue weighted by Crippen LogP contribution is 2.51. The summed E-state index contributed by atoms with van der Waals surface area (Å²) in [5.74, 6) is 2.31. The normalized spacial score (nSPS) is 51.5. The van der Waals surface area contributed by atoms with Gasteiger partial charge in [-0.25, -0.2) is 0 Å². The van der Waals surface area contributed by atoms with Crippen molar-refractivity contribution in [1.29, 1.82) is 0 Å². The molecule has 6 atom stereocenters. The van der Waals surface area contributed by atoms with E-state index in [2.05, 4.69) is 40.7 Å². The molecular formula is C20H34O2. The molecule has 0 bridgehead atoms. The molecule has 22 heavy (non-hydrogen) atoms. The van der Waals surface area contributed by atoms with Crippen molar-refractivity contribution in [2.24, 2.45) is 23.7 Å². The molecule has 2 nitrogen and oxygen atoms in total. The Bertz CT molecular complexity index is 451. The average molecular weight is 306 g/mol. The summed E-state index contributed by atoms with van der Waals surface area (Å²) in [5, 5.41) is 11.0. The quantitative estimate of drug-likeness (QED) is 0.562. The van der Waals surface area contributed by atoms with Crippen LogP contribution in [0, 0.1) is 23.7 Å². The van der Waals surface area contributed by atoms with Crippen molar-refractivity contribution in [1.82, 2.24) is 0 Å². The van der Waals surface area contributed by atoms with Gasteiger partial charge < -0.3 is 9.84 Å². The third-order valence-corrected chi connectivity index (χ3v) is 6.86. The van der Waals surface area contributed by atoms with E-state index in [1.807, 2.05) is 0 Å². The Balaban J connectivity index is 1.91. The highest BCUT2D eigenvalue weighted by atomic mass is 16.6. The highest BCUT2D eigenvalue weighted by Gasteiger charge is 2.53. The van der Waals surface area contributed by atoms with E-state index in [0.29, 0.717) is 29.8 Å². The predicted octanol–water partition coefficient (Wildman–Crippen LogP) is 4.71. The molecule has 3 aliphatic rings. The van der Waals surface area contributed by atoms with E-state index < -0.39 is 5.60 Å². The lowest BCUT2D eigenvalue weighted by molar-refractivity contribution is -0.0802. The van der Waals surface area contributed by atoms with Crippen LogP contribution in [-0.4, -0.2) is 22.4 Å². The van der Waals surface area contributed by atoms with Gasteiger partial charge in [-0.2, -0.15) is 0 Å². The zero-order valence-electron chi connectivity index (χ0n) is 15.1. The van der Waals surface area contributed by atoms with Crippen LogP contribution in [0.1, 0.15) is 73.1 Å². The summed E-state index contributed by atoms with van der Waals surface area (Å²) in [7, 11) is 0. The summed E-state index contributed by atoms with van der Waals surface area (Å²) in [4.78, 5) is 0. The van der Waals surface area contributed by atoms with Gasteiger partial charge in [0, 0.05) is 0 Å². The zero-order chi connectivity index (χ0) is 16.1. The van der Waals surface area contributed by atoms with E-state index >= 15 is 0 Å². The molecule has 0 unspecified atom stereocenters. The number of hydrogen-bond donors (Lipinski definition) is 1. The summed E-state index contributed by atoms with van der Waals surface area (Å²) in [6, 6.07) is 0. The SMILES string of the molecule is C/C1=C\[C@@H]2[C@@H](C(C)C)CC[C@@](C)(O)[C@@H]2CC[C@@]2(C)O[C@@H]2CC1. The average Bonchev–Trinajstić information content (AvgIpc) is 3.06. The lowest BCUT2D eigenvalue weighted by atomic mass is 9.60. The van der Waals surface area contributed by atoms with E-state index in [4.69, 9.17) is 4.74 Å². The van der Waals surface area contributed by atoms with Gasteiger partial charge in [-0.15, -0.1) is 0 Å². The van der Waals surface area contributed by atoms with E-state index in [9.17, 15) is 5.11 Å². The molecule has 1 saturated heterocycles. The van der Waals surface area contributed by atoms with Crippen LogP contribution in [0.4, 0.5) is 0 Å². The number of epoxide rings is 1. The van der Waals surface area contributed by atoms with Gasteiger partial charge in [0.2, 0.25) is 0 Å². The maximum atomic E-state index is 11.0. The third-order valence-electron chi connectivity index (χ3n) is 6.86. The molecule has 1 N–H and O–H groups in total. The second kappa shape index (κ2) is 5.63. The molecule has 0 aromatic heterocycles. The van der Waals surface area contributed by atoms with Crippen LogP contribution in [0.25, 0.3) is 0 Å². The molecule has 2 heteroatoms. The molecule has 0 aromatic carbocycles. The number of fused-ring (bicyclic) bond motifs is 2. The van der Waals surface area contributed by atoms with Crippen LogP contribution in [0.3, 0.4) is 0 Å². The summed E-state index contributed by atoms with van der Waals surface area (Å²) in [5.41, 5.74) is 1.06. The number of allylic oxidation sites excluding steroid dienone is 2. The number of aliphatic hydroxyl groups is 1. The van der Waals surface area contributed by atoms with Crippen LogP contribution in [-0.2, 0) is 4.74 Å². The van der Waals surface area contributed by atoms with Gasteiger partial charge in [-0.1, -0.05) is 25.5 Å². The molecule has 0 spiro atoms.